The molecule has 1 N–H and O–H groups in total. The summed E-state index contributed by atoms with van der Waals surface area (Å²) in [6.07, 6.45) is 0. The first-order valence-corrected chi connectivity index (χ1v) is 9.26. The number of H-pyrrole nitrogens is 1. The van der Waals surface area contributed by atoms with Crippen LogP contribution in [-0.2, 0) is 14.8 Å². The number of methoxy groups -OCH3 is 1. The van der Waals surface area contributed by atoms with Crippen LogP contribution >= 0.6 is 11.3 Å². The van der Waals surface area contributed by atoms with E-state index in [1.165, 1.54) is 15.6 Å². The Morgan fingerprint density at radius 1 is 1.50 bits per heavy atom. The van der Waals surface area contributed by atoms with Gasteiger partial charge in [-0.2, -0.15) is 9.40 Å². The van der Waals surface area contributed by atoms with Gasteiger partial charge >= 0.3 is 0 Å². The van der Waals surface area contributed by atoms with Crippen LogP contribution in [-0.4, -0.2) is 54.7 Å². The number of hydrogen-bond acceptors (Lipinski definition) is 6. The van der Waals surface area contributed by atoms with Gasteiger partial charge in [0.2, 0.25) is 0 Å². The number of thiophene rings is 1. The van der Waals surface area contributed by atoms with E-state index in [4.69, 9.17) is 4.74 Å². The molecule has 0 amide bonds. The SMILES string of the molecule is COCC1CN(S(=O)(=O)c2cccs2)CC1c1n[nH]c(C)n1. The van der Waals surface area contributed by atoms with Gasteiger partial charge in [0.1, 0.15) is 10.0 Å². The number of rotatable bonds is 5. The second-order valence-corrected chi connectivity index (χ2v) is 8.47. The molecule has 2 atom stereocenters. The molecule has 0 radical (unpaired) electrons. The molecule has 7 nitrogen and oxygen atoms in total. The standard InChI is InChI=1S/C13H18N4O3S2/c1-9-14-13(16-15-9)11-7-17(6-10(11)8-20-2)22(18,19)12-4-3-5-21-12/h3-5,10-11H,6-8H2,1-2H3,(H,14,15,16). The van der Waals surface area contributed by atoms with Crippen molar-refractivity contribution < 1.29 is 13.2 Å². The van der Waals surface area contributed by atoms with E-state index in [9.17, 15) is 8.42 Å². The third-order valence-corrected chi connectivity index (χ3v) is 7.03. The highest BCUT2D eigenvalue weighted by atomic mass is 32.2. The Bertz CT molecular complexity index is 726. The first kappa shape index (κ1) is 15.6. The molecule has 22 heavy (non-hydrogen) atoms. The van der Waals surface area contributed by atoms with E-state index in [0.29, 0.717) is 29.7 Å². The minimum absolute atomic E-state index is 0.0509. The summed E-state index contributed by atoms with van der Waals surface area (Å²) in [7, 11) is -1.83. The number of sulfonamides is 1. The average Bonchev–Trinajstić information content (AvgIpc) is 3.17. The van der Waals surface area contributed by atoms with Crippen LogP contribution in [0.15, 0.2) is 21.7 Å². The van der Waals surface area contributed by atoms with Crippen LogP contribution in [0.1, 0.15) is 17.6 Å². The van der Waals surface area contributed by atoms with Crippen LogP contribution in [0.25, 0.3) is 0 Å². The van der Waals surface area contributed by atoms with Crippen LogP contribution in [0, 0.1) is 12.8 Å². The van der Waals surface area contributed by atoms with Crippen LogP contribution < -0.4 is 0 Å². The molecule has 3 rings (SSSR count). The van der Waals surface area contributed by atoms with Gasteiger partial charge in [-0.15, -0.1) is 11.3 Å². The number of nitrogens with zero attached hydrogens (tertiary/aromatic N) is 3. The molecule has 1 saturated heterocycles. The van der Waals surface area contributed by atoms with Gasteiger partial charge in [-0.05, 0) is 18.4 Å². The molecule has 2 unspecified atom stereocenters. The van der Waals surface area contributed by atoms with Crippen molar-refractivity contribution in [1.82, 2.24) is 19.5 Å². The highest BCUT2D eigenvalue weighted by Gasteiger charge is 2.42. The smallest absolute Gasteiger partial charge is 0.252 e. The number of aromatic amines is 1. The Morgan fingerprint density at radius 3 is 2.91 bits per heavy atom. The molecule has 9 heteroatoms. The fraction of sp³-hybridized carbons (Fsp3) is 0.538. The number of aromatic nitrogens is 3. The van der Waals surface area contributed by atoms with Gasteiger partial charge in [-0.3, -0.25) is 5.10 Å². The second-order valence-electron chi connectivity index (χ2n) is 5.36. The summed E-state index contributed by atoms with van der Waals surface area (Å²) in [5.74, 6) is 1.38. The van der Waals surface area contributed by atoms with Gasteiger partial charge in [0.05, 0.1) is 6.61 Å². The van der Waals surface area contributed by atoms with E-state index in [-0.39, 0.29) is 11.8 Å². The van der Waals surface area contributed by atoms with Crippen molar-refractivity contribution in [2.45, 2.75) is 17.1 Å². The van der Waals surface area contributed by atoms with Crippen molar-refractivity contribution >= 4 is 21.4 Å². The van der Waals surface area contributed by atoms with Crippen molar-refractivity contribution in [3.8, 4) is 0 Å². The molecule has 0 spiro atoms. The average molecular weight is 342 g/mol. The topological polar surface area (TPSA) is 88.2 Å². The van der Waals surface area contributed by atoms with Crippen molar-refractivity contribution in [1.29, 1.82) is 0 Å². The lowest BCUT2D eigenvalue weighted by molar-refractivity contribution is 0.150. The van der Waals surface area contributed by atoms with Crippen LogP contribution in [0.4, 0.5) is 0 Å². The maximum atomic E-state index is 12.7. The van der Waals surface area contributed by atoms with Gasteiger partial charge in [-0.1, -0.05) is 6.07 Å². The van der Waals surface area contributed by atoms with Gasteiger partial charge in [0, 0.05) is 32.0 Å². The number of ether oxygens (including phenoxy) is 1. The summed E-state index contributed by atoms with van der Waals surface area (Å²) in [5, 5.41) is 8.79. The van der Waals surface area contributed by atoms with Gasteiger partial charge < -0.3 is 4.74 Å². The molecular weight excluding hydrogens is 324 g/mol. The predicted molar refractivity (Wildman–Crippen MR) is 82.3 cm³/mol. The number of aryl methyl sites for hydroxylation is 1. The Balaban J connectivity index is 1.87. The zero-order valence-electron chi connectivity index (χ0n) is 12.4. The molecule has 120 valence electrons. The Kier molecular flexibility index (Phi) is 4.31. The molecule has 0 aromatic carbocycles. The minimum Gasteiger partial charge on any atom is -0.384 e. The van der Waals surface area contributed by atoms with Crippen LogP contribution in [0.5, 0.6) is 0 Å². The summed E-state index contributed by atoms with van der Waals surface area (Å²) in [6, 6.07) is 3.38. The number of nitrogens with one attached hydrogen (secondary N) is 1. The Morgan fingerprint density at radius 2 is 2.32 bits per heavy atom. The summed E-state index contributed by atoms with van der Waals surface area (Å²) in [5.41, 5.74) is 0. The largest absolute Gasteiger partial charge is 0.384 e. The molecule has 0 saturated carbocycles. The summed E-state index contributed by atoms with van der Waals surface area (Å²) < 4.78 is 32.5. The fourth-order valence-electron chi connectivity index (χ4n) is 2.77. The molecule has 1 aliphatic rings. The molecular formula is C13H18N4O3S2. The lowest BCUT2D eigenvalue weighted by Gasteiger charge is -2.14. The highest BCUT2D eigenvalue weighted by Crippen LogP contribution is 2.35. The van der Waals surface area contributed by atoms with E-state index < -0.39 is 10.0 Å². The van der Waals surface area contributed by atoms with E-state index in [0.717, 1.165) is 5.82 Å². The van der Waals surface area contributed by atoms with Crippen molar-refractivity contribution in [2.75, 3.05) is 26.8 Å². The third-order valence-electron chi connectivity index (χ3n) is 3.82. The van der Waals surface area contributed by atoms with Crippen molar-refractivity contribution in [3.63, 3.8) is 0 Å². The van der Waals surface area contributed by atoms with Crippen LogP contribution in [0.3, 0.4) is 0 Å². The maximum absolute atomic E-state index is 12.7. The molecule has 0 bridgehead atoms. The molecule has 2 aromatic rings. The van der Waals surface area contributed by atoms with Crippen molar-refractivity contribution in [3.05, 3.63) is 29.2 Å². The minimum atomic E-state index is -3.45. The zero-order valence-corrected chi connectivity index (χ0v) is 14.0. The monoisotopic (exact) mass is 342 g/mol. The first-order chi connectivity index (χ1) is 10.5. The highest BCUT2D eigenvalue weighted by molar-refractivity contribution is 7.91. The predicted octanol–water partition coefficient (Wildman–Crippen LogP) is 1.23. The number of hydrogen-bond donors (Lipinski definition) is 1. The Labute approximate surface area is 133 Å². The lowest BCUT2D eigenvalue weighted by Crippen LogP contribution is -2.29. The molecule has 2 aromatic heterocycles. The first-order valence-electron chi connectivity index (χ1n) is 6.94. The Hall–Kier alpha value is -1.29. The zero-order chi connectivity index (χ0) is 15.7. The van der Waals surface area contributed by atoms with Gasteiger partial charge in [0.15, 0.2) is 5.82 Å². The summed E-state index contributed by atoms with van der Waals surface area (Å²) >= 11 is 1.23. The van der Waals surface area contributed by atoms with E-state index in [1.807, 2.05) is 6.92 Å². The van der Waals surface area contributed by atoms with E-state index >= 15 is 0 Å². The quantitative estimate of drug-likeness (QED) is 0.883. The molecule has 1 aliphatic heterocycles. The van der Waals surface area contributed by atoms with Crippen molar-refractivity contribution in [2.24, 2.45) is 5.92 Å². The summed E-state index contributed by atoms with van der Waals surface area (Å²) in [6.45, 7) is 3.11. The molecule has 0 aliphatic carbocycles. The van der Waals surface area contributed by atoms with Gasteiger partial charge in [-0.25, -0.2) is 13.4 Å². The lowest BCUT2D eigenvalue weighted by atomic mass is 9.96. The normalized spacial score (nSPS) is 23.2. The molecule has 1 fully saturated rings. The van der Waals surface area contributed by atoms with Gasteiger partial charge in [0.25, 0.3) is 10.0 Å². The second kappa shape index (κ2) is 6.07. The summed E-state index contributed by atoms with van der Waals surface area (Å²) in [4.78, 5) is 4.36. The van der Waals surface area contributed by atoms with E-state index in [2.05, 4.69) is 15.2 Å². The molecule has 3 heterocycles. The van der Waals surface area contributed by atoms with Crippen LogP contribution in [0.2, 0.25) is 0 Å². The fourth-order valence-corrected chi connectivity index (χ4v) is 5.43. The third kappa shape index (κ3) is 2.81. The van der Waals surface area contributed by atoms with E-state index in [1.54, 1.807) is 24.6 Å². The maximum Gasteiger partial charge on any atom is 0.252 e.